The maximum absolute atomic E-state index is 13.7. The number of aromatic nitrogens is 3. The number of methoxy groups -OCH3 is 1. The van der Waals surface area contributed by atoms with Gasteiger partial charge in [-0.3, -0.25) is 4.79 Å². The lowest BCUT2D eigenvalue weighted by molar-refractivity contribution is -0.143. The number of para-hydroxylation sites is 2. The Hall–Kier alpha value is -4.50. The lowest BCUT2D eigenvalue weighted by Gasteiger charge is -2.15. The number of carbonyl (C=O) groups excluding carboxylic acids is 1. The Morgan fingerprint density at radius 1 is 1.08 bits per heavy atom. The van der Waals surface area contributed by atoms with E-state index < -0.39 is 6.04 Å². The first-order chi connectivity index (χ1) is 18.9. The van der Waals surface area contributed by atoms with E-state index in [1.165, 1.54) is 11.8 Å². The minimum atomic E-state index is -0.544. The Kier molecular flexibility index (Phi) is 6.15. The number of rotatable bonds is 5. The number of benzene rings is 3. The minimum Gasteiger partial charge on any atom is -0.467 e. The van der Waals surface area contributed by atoms with Crippen LogP contribution in [0.3, 0.4) is 0 Å². The zero-order chi connectivity index (χ0) is 27.3. The topological polar surface area (TPSA) is 91.6 Å². The highest BCUT2D eigenvalue weighted by Gasteiger charge is 2.23. The Labute approximate surface area is 231 Å². The molecule has 3 heterocycles. The highest BCUT2D eigenvalue weighted by Crippen LogP contribution is 2.31. The molecule has 0 radical (unpaired) electrons. The van der Waals surface area contributed by atoms with E-state index in [1.807, 2.05) is 66.1 Å². The zero-order valence-corrected chi connectivity index (χ0v) is 23.0. The van der Waals surface area contributed by atoms with Crippen LogP contribution >= 0.6 is 15.9 Å². The zero-order valence-electron chi connectivity index (χ0n) is 21.4. The van der Waals surface area contributed by atoms with E-state index in [2.05, 4.69) is 21.0 Å². The molecule has 0 saturated carbocycles. The lowest BCUT2D eigenvalue weighted by atomic mass is 10.1. The third-order valence-electron chi connectivity index (χ3n) is 6.89. The first kappa shape index (κ1) is 24.8. The van der Waals surface area contributed by atoms with Gasteiger partial charge in [-0.25, -0.2) is 9.78 Å². The van der Waals surface area contributed by atoms with Gasteiger partial charge in [0, 0.05) is 32.0 Å². The summed E-state index contributed by atoms with van der Waals surface area (Å²) in [6.07, 6.45) is 1.64. The van der Waals surface area contributed by atoms with Crippen LogP contribution in [0.5, 0.6) is 0 Å². The molecule has 0 aliphatic heterocycles. The van der Waals surface area contributed by atoms with Gasteiger partial charge >= 0.3 is 5.97 Å². The molecule has 0 amide bonds. The average Bonchev–Trinajstić information content (AvgIpc) is 3.49. The van der Waals surface area contributed by atoms with Gasteiger partial charge in [-0.2, -0.15) is 9.78 Å². The summed E-state index contributed by atoms with van der Waals surface area (Å²) in [5, 5.41) is 6.86. The molecule has 194 valence electrons. The van der Waals surface area contributed by atoms with Gasteiger partial charge in [-0.05, 0) is 56.3 Å². The van der Waals surface area contributed by atoms with Crippen molar-refractivity contribution in [1.29, 1.82) is 0 Å². The highest BCUT2D eigenvalue weighted by atomic mass is 79.9. The largest absolute Gasteiger partial charge is 0.467 e. The molecular weight excluding hydrogens is 560 g/mol. The molecule has 0 aliphatic rings. The summed E-state index contributed by atoms with van der Waals surface area (Å²) in [6, 6.07) is 21.9. The number of esters is 1. The smallest absolute Gasteiger partial charge is 0.328 e. The summed E-state index contributed by atoms with van der Waals surface area (Å²) in [5.41, 5.74) is 3.35. The molecule has 0 saturated heterocycles. The van der Waals surface area contributed by atoms with Crippen LogP contribution in [0.15, 0.2) is 91.6 Å². The fourth-order valence-electron chi connectivity index (χ4n) is 4.99. The van der Waals surface area contributed by atoms with Gasteiger partial charge in [-0.1, -0.05) is 46.3 Å². The molecule has 0 fully saturated rings. The Morgan fingerprint density at radius 3 is 2.62 bits per heavy atom. The summed E-state index contributed by atoms with van der Waals surface area (Å²) >= 11 is 3.49. The maximum Gasteiger partial charge on any atom is 0.328 e. The Bertz CT molecular complexity index is 2000. The monoisotopic (exact) mass is 582 g/mol. The van der Waals surface area contributed by atoms with Crippen LogP contribution in [0.25, 0.3) is 44.4 Å². The third-order valence-corrected chi connectivity index (χ3v) is 7.38. The molecule has 39 heavy (non-hydrogen) atoms. The molecular formula is C30H23BrN4O4. The van der Waals surface area contributed by atoms with Gasteiger partial charge in [0.1, 0.15) is 11.6 Å². The number of hydrogen-bond donors (Lipinski definition) is 0. The van der Waals surface area contributed by atoms with Crippen LogP contribution in [0, 0.1) is 6.92 Å². The summed E-state index contributed by atoms with van der Waals surface area (Å²) in [4.78, 5) is 30.9. The van der Waals surface area contributed by atoms with Crippen LogP contribution < -0.4 is 5.56 Å². The van der Waals surface area contributed by atoms with Crippen LogP contribution in [0.2, 0.25) is 0 Å². The molecule has 0 aliphatic carbocycles. The highest BCUT2D eigenvalue weighted by molar-refractivity contribution is 9.10. The predicted molar refractivity (Wildman–Crippen MR) is 155 cm³/mol. The van der Waals surface area contributed by atoms with Crippen molar-refractivity contribution < 1.29 is 13.9 Å². The third kappa shape index (κ3) is 4.15. The van der Waals surface area contributed by atoms with E-state index >= 15 is 0 Å². The fraction of sp³-hybridized carbons (Fsp3) is 0.133. The average molecular weight is 583 g/mol. The summed E-state index contributed by atoms with van der Waals surface area (Å²) < 4.78 is 15.2. The number of halogens is 1. The normalized spacial score (nSPS) is 12.6. The molecule has 8 nitrogen and oxygen atoms in total. The van der Waals surface area contributed by atoms with Crippen molar-refractivity contribution in [2.45, 2.75) is 19.9 Å². The second-order valence-corrected chi connectivity index (χ2v) is 10.1. The van der Waals surface area contributed by atoms with Crippen LogP contribution in [-0.4, -0.2) is 33.5 Å². The van der Waals surface area contributed by atoms with Crippen molar-refractivity contribution >= 4 is 60.9 Å². The van der Waals surface area contributed by atoms with Crippen LogP contribution in [-0.2, 0) is 9.53 Å². The van der Waals surface area contributed by atoms with Gasteiger partial charge in [0.25, 0.3) is 5.56 Å². The van der Waals surface area contributed by atoms with Crippen LogP contribution in [0.4, 0.5) is 0 Å². The summed E-state index contributed by atoms with van der Waals surface area (Å²) in [5.74, 6) is 0.351. The summed E-state index contributed by atoms with van der Waals surface area (Å²) in [6.45, 7) is 3.71. The molecule has 1 atom stereocenters. The first-order valence-electron chi connectivity index (χ1n) is 12.3. The minimum absolute atomic E-state index is 0.284. The van der Waals surface area contributed by atoms with Gasteiger partial charge in [0.05, 0.1) is 24.2 Å². The molecule has 6 rings (SSSR count). The van der Waals surface area contributed by atoms with E-state index in [4.69, 9.17) is 14.1 Å². The molecule has 0 spiro atoms. The molecule has 6 aromatic rings. The van der Waals surface area contributed by atoms with Crippen molar-refractivity contribution in [3.63, 3.8) is 0 Å². The molecule has 0 N–H and O–H groups in total. The van der Waals surface area contributed by atoms with Gasteiger partial charge < -0.3 is 13.7 Å². The Morgan fingerprint density at radius 2 is 1.82 bits per heavy atom. The second-order valence-electron chi connectivity index (χ2n) is 9.19. The van der Waals surface area contributed by atoms with E-state index in [1.54, 1.807) is 31.3 Å². The van der Waals surface area contributed by atoms with E-state index in [0.717, 1.165) is 32.0 Å². The van der Waals surface area contributed by atoms with Gasteiger partial charge in [-0.15, -0.1) is 0 Å². The molecule has 0 bridgehead atoms. The van der Waals surface area contributed by atoms with E-state index in [9.17, 15) is 9.59 Å². The SMILES string of the molecule is COC(=O)[C@@H](C)n1c(C)c(C=Nn2c(-c3cc4cc(Br)ccc4o3)nc3ccccc3c2=O)c2ccccc21. The fourth-order valence-corrected chi connectivity index (χ4v) is 5.36. The van der Waals surface area contributed by atoms with Crippen molar-refractivity contribution in [2.24, 2.45) is 5.10 Å². The maximum atomic E-state index is 13.7. The van der Waals surface area contributed by atoms with Crippen LogP contribution in [0.1, 0.15) is 24.2 Å². The van der Waals surface area contributed by atoms with Crippen molar-refractivity contribution in [1.82, 2.24) is 14.2 Å². The number of fused-ring (bicyclic) bond motifs is 3. The standard InChI is InChI=1S/C30H23BrN4O4/c1-17-23(21-8-5-7-11-25(21)34(17)18(2)30(37)38-3)16-32-35-28(33-24-10-6-4-9-22(24)29(35)36)27-15-19-14-20(31)12-13-26(19)39-27/h4-16,18H,1-3H3/t18-/m1/s1. The van der Waals surface area contributed by atoms with E-state index in [0.29, 0.717) is 22.2 Å². The van der Waals surface area contributed by atoms with E-state index in [-0.39, 0.29) is 17.4 Å². The number of nitrogens with zero attached hydrogens (tertiary/aromatic N) is 4. The molecule has 3 aromatic heterocycles. The quantitative estimate of drug-likeness (QED) is 0.172. The van der Waals surface area contributed by atoms with Crippen molar-refractivity contribution in [3.05, 3.63) is 98.9 Å². The second kappa shape index (κ2) is 9.67. The van der Waals surface area contributed by atoms with Gasteiger partial charge in [0.15, 0.2) is 5.76 Å². The van der Waals surface area contributed by atoms with Gasteiger partial charge in [0.2, 0.25) is 5.82 Å². The lowest BCUT2D eigenvalue weighted by Crippen LogP contribution is -2.20. The number of carbonyl (C=O) groups is 1. The predicted octanol–water partition coefficient (Wildman–Crippen LogP) is 6.45. The number of furan rings is 1. The number of hydrogen-bond acceptors (Lipinski definition) is 6. The molecule has 3 aromatic carbocycles. The van der Waals surface area contributed by atoms with Crippen molar-refractivity contribution in [2.75, 3.05) is 7.11 Å². The van der Waals surface area contributed by atoms with Crippen molar-refractivity contribution in [3.8, 4) is 11.6 Å². The Balaban J connectivity index is 1.57. The first-order valence-corrected chi connectivity index (χ1v) is 13.1. The molecule has 0 unspecified atom stereocenters. The molecule has 9 heteroatoms. The number of ether oxygens (including phenoxy) is 1. The summed E-state index contributed by atoms with van der Waals surface area (Å²) in [7, 11) is 1.37.